The molecule has 0 aliphatic heterocycles. The minimum atomic E-state index is -3.90. The highest BCUT2D eigenvalue weighted by Crippen LogP contribution is 2.25. The van der Waals surface area contributed by atoms with Crippen LogP contribution in [0.3, 0.4) is 0 Å². The van der Waals surface area contributed by atoms with Gasteiger partial charge in [0.15, 0.2) is 0 Å². The first-order chi connectivity index (χ1) is 9.77. The number of aliphatic hydroxyl groups is 1. The molecule has 1 rings (SSSR count). The van der Waals surface area contributed by atoms with Gasteiger partial charge >= 0.3 is 0 Å². The third kappa shape index (κ3) is 5.21. The highest BCUT2D eigenvalue weighted by Gasteiger charge is 2.20. The van der Waals surface area contributed by atoms with Gasteiger partial charge in [-0.1, -0.05) is 11.6 Å². The zero-order chi connectivity index (χ0) is 16.0. The van der Waals surface area contributed by atoms with E-state index in [2.05, 4.69) is 4.72 Å². The molecule has 0 fully saturated rings. The SMILES string of the molecule is COCC(O)CCNS(=O)(=O)c1ccc([N+](=O)[O-])cc1Cl. The molecule has 0 saturated carbocycles. The number of hydrogen-bond acceptors (Lipinski definition) is 6. The number of nitro benzene ring substituents is 1. The Hall–Kier alpha value is -1.26. The Labute approximate surface area is 126 Å². The molecule has 1 unspecified atom stereocenters. The zero-order valence-corrected chi connectivity index (χ0v) is 12.7. The van der Waals surface area contributed by atoms with Gasteiger partial charge in [-0.05, 0) is 12.5 Å². The number of ether oxygens (including phenoxy) is 1. The number of nitrogens with zero attached hydrogens (tertiary/aromatic N) is 1. The second-order valence-electron chi connectivity index (χ2n) is 4.17. The molecule has 1 atom stereocenters. The molecule has 2 N–H and O–H groups in total. The van der Waals surface area contributed by atoms with Crippen molar-refractivity contribution in [2.24, 2.45) is 0 Å². The molecule has 0 aromatic heterocycles. The maximum Gasteiger partial charge on any atom is 0.271 e. The molecule has 0 aliphatic carbocycles. The van der Waals surface area contributed by atoms with Crippen molar-refractivity contribution in [2.75, 3.05) is 20.3 Å². The van der Waals surface area contributed by atoms with Gasteiger partial charge in [-0.3, -0.25) is 10.1 Å². The number of rotatable bonds is 8. The van der Waals surface area contributed by atoms with Gasteiger partial charge in [-0.2, -0.15) is 0 Å². The molecular formula is C11H15ClN2O6S. The Morgan fingerprint density at radius 3 is 2.71 bits per heavy atom. The Balaban J connectivity index is 2.77. The average Bonchev–Trinajstić information content (AvgIpc) is 2.38. The lowest BCUT2D eigenvalue weighted by molar-refractivity contribution is -0.384. The van der Waals surface area contributed by atoms with E-state index in [1.165, 1.54) is 7.11 Å². The molecule has 10 heteroatoms. The number of non-ortho nitro benzene ring substituents is 1. The van der Waals surface area contributed by atoms with Crippen LogP contribution in [0.15, 0.2) is 23.1 Å². The first-order valence-corrected chi connectivity index (χ1v) is 7.74. The number of benzene rings is 1. The zero-order valence-electron chi connectivity index (χ0n) is 11.2. The molecule has 118 valence electrons. The average molecular weight is 339 g/mol. The van der Waals surface area contributed by atoms with Gasteiger partial charge in [-0.15, -0.1) is 0 Å². The van der Waals surface area contributed by atoms with Crippen molar-refractivity contribution in [2.45, 2.75) is 17.4 Å². The number of sulfonamides is 1. The standard InChI is InChI=1S/C11H15ClN2O6S/c1-20-7-9(15)4-5-13-21(18,19)11-3-2-8(14(16)17)6-10(11)12/h2-3,6,9,13,15H,4-5,7H2,1H3. The van der Waals surface area contributed by atoms with Crippen LogP contribution >= 0.6 is 11.6 Å². The maximum atomic E-state index is 12.0. The van der Waals surface area contributed by atoms with Gasteiger partial charge in [0, 0.05) is 25.8 Å². The molecule has 8 nitrogen and oxygen atoms in total. The Bertz CT molecular complexity index is 607. The van der Waals surface area contributed by atoms with E-state index in [4.69, 9.17) is 16.3 Å². The Morgan fingerprint density at radius 1 is 1.52 bits per heavy atom. The predicted molar refractivity (Wildman–Crippen MR) is 75.8 cm³/mol. The smallest absolute Gasteiger partial charge is 0.271 e. The van der Waals surface area contributed by atoms with E-state index in [0.717, 1.165) is 18.2 Å². The van der Waals surface area contributed by atoms with Crippen LogP contribution < -0.4 is 4.72 Å². The number of nitro groups is 1. The summed E-state index contributed by atoms with van der Waals surface area (Å²) in [5.74, 6) is 0. The second-order valence-corrected chi connectivity index (χ2v) is 6.31. The van der Waals surface area contributed by atoms with Crippen molar-refractivity contribution in [3.63, 3.8) is 0 Å². The van der Waals surface area contributed by atoms with E-state index >= 15 is 0 Å². The molecule has 0 bridgehead atoms. The van der Waals surface area contributed by atoms with E-state index < -0.39 is 21.1 Å². The normalized spacial score (nSPS) is 13.1. The minimum Gasteiger partial charge on any atom is -0.391 e. The molecular weight excluding hydrogens is 324 g/mol. The topological polar surface area (TPSA) is 119 Å². The summed E-state index contributed by atoms with van der Waals surface area (Å²) in [6, 6.07) is 3.09. The largest absolute Gasteiger partial charge is 0.391 e. The van der Waals surface area contributed by atoms with Crippen molar-refractivity contribution in [3.05, 3.63) is 33.3 Å². The monoisotopic (exact) mass is 338 g/mol. The van der Waals surface area contributed by atoms with Crippen molar-refractivity contribution >= 4 is 27.3 Å². The van der Waals surface area contributed by atoms with Crippen LogP contribution in [-0.4, -0.2) is 44.8 Å². The van der Waals surface area contributed by atoms with Crippen molar-refractivity contribution in [1.29, 1.82) is 0 Å². The Kier molecular flexibility index (Phi) is 6.49. The second kappa shape index (κ2) is 7.66. The van der Waals surface area contributed by atoms with Crippen LogP contribution in [0, 0.1) is 10.1 Å². The Morgan fingerprint density at radius 2 is 2.19 bits per heavy atom. The van der Waals surface area contributed by atoms with E-state index in [0.29, 0.717) is 0 Å². The lowest BCUT2D eigenvalue weighted by Crippen LogP contribution is -2.28. The maximum absolute atomic E-state index is 12.0. The third-order valence-corrected chi connectivity index (χ3v) is 4.49. The summed E-state index contributed by atoms with van der Waals surface area (Å²) >= 11 is 5.76. The summed E-state index contributed by atoms with van der Waals surface area (Å²) in [5, 5.41) is 19.7. The first kappa shape index (κ1) is 17.8. The van der Waals surface area contributed by atoms with Gasteiger partial charge in [0.25, 0.3) is 5.69 Å². The lowest BCUT2D eigenvalue weighted by atomic mass is 10.3. The molecule has 0 radical (unpaired) electrons. The number of aliphatic hydroxyl groups excluding tert-OH is 1. The fourth-order valence-corrected chi connectivity index (χ4v) is 3.12. The van der Waals surface area contributed by atoms with Gasteiger partial charge in [0.05, 0.1) is 22.7 Å². The van der Waals surface area contributed by atoms with Crippen molar-refractivity contribution < 1.29 is 23.2 Å². The van der Waals surface area contributed by atoms with E-state index in [9.17, 15) is 23.6 Å². The quantitative estimate of drug-likeness (QED) is 0.537. The number of hydrogen-bond donors (Lipinski definition) is 2. The van der Waals surface area contributed by atoms with Gasteiger partial charge in [-0.25, -0.2) is 13.1 Å². The summed E-state index contributed by atoms with van der Waals surface area (Å²) in [6.07, 6.45) is -0.623. The van der Waals surface area contributed by atoms with E-state index in [1.807, 2.05) is 0 Å². The molecule has 0 saturated heterocycles. The van der Waals surface area contributed by atoms with Gasteiger partial charge in [0.1, 0.15) is 4.90 Å². The molecule has 0 aliphatic rings. The minimum absolute atomic E-state index is 0.0137. The van der Waals surface area contributed by atoms with E-state index in [-0.39, 0.29) is 35.2 Å². The third-order valence-electron chi connectivity index (χ3n) is 2.54. The summed E-state index contributed by atoms with van der Waals surface area (Å²) in [4.78, 5) is 9.64. The summed E-state index contributed by atoms with van der Waals surface area (Å²) in [6.45, 7) is 0.0835. The molecule has 1 aromatic carbocycles. The fraction of sp³-hybridized carbons (Fsp3) is 0.455. The molecule has 21 heavy (non-hydrogen) atoms. The summed E-state index contributed by atoms with van der Waals surface area (Å²) < 4.78 is 31.0. The number of halogens is 1. The fourth-order valence-electron chi connectivity index (χ4n) is 1.53. The molecule has 1 aromatic rings. The molecule has 0 spiro atoms. The highest BCUT2D eigenvalue weighted by molar-refractivity contribution is 7.89. The lowest BCUT2D eigenvalue weighted by Gasteiger charge is -2.11. The number of nitrogens with one attached hydrogen (secondary N) is 1. The van der Waals surface area contributed by atoms with Crippen LogP contribution in [0.5, 0.6) is 0 Å². The van der Waals surface area contributed by atoms with Crippen LogP contribution in [0.4, 0.5) is 5.69 Å². The van der Waals surface area contributed by atoms with E-state index in [1.54, 1.807) is 0 Å². The van der Waals surface area contributed by atoms with Crippen LogP contribution in [-0.2, 0) is 14.8 Å². The van der Waals surface area contributed by atoms with Crippen LogP contribution in [0.25, 0.3) is 0 Å². The van der Waals surface area contributed by atoms with Crippen LogP contribution in [0.1, 0.15) is 6.42 Å². The summed E-state index contributed by atoms with van der Waals surface area (Å²) in [7, 11) is -2.48. The highest BCUT2D eigenvalue weighted by atomic mass is 35.5. The first-order valence-electron chi connectivity index (χ1n) is 5.88. The van der Waals surface area contributed by atoms with Gasteiger partial charge in [0.2, 0.25) is 10.0 Å². The van der Waals surface area contributed by atoms with Crippen molar-refractivity contribution in [3.8, 4) is 0 Å². The molecule has 0 heterocycles. The molecule has 0 amide bonds. The van der Waals surface area contributed by atoms with Gasteiger partial charge < -0.3 is 9.84 Å². The predicted octanol–water partition coefficient (Wildman–Crippen LogP) is 0.924. The van der Waals surface area contributed by atoms with Crippen molar-refractivity contribution in [1.82, 2.24) is 4.72 Å². The van der Waals surface area contributed by atoms with Crippen LogP contribution in [0.2, 0.25) is 5.02 Å². The summed E-state index contributed by atoms with van der Waals surface area (Å²) in [5.41, 5.74) is -0.297. The number of methoxy groups -OCH3 is 1.